The molecule has 166 valence electrons. The Kier molecular flexibility index (Phi) is 6.44. The predicted molar refractivity (Wildman–Crippen MR) is 112 cm³/mol. The number of hydrogen-bond acceptors (Lipinski definition) is 6. The number of hydrogen-bond donors (Lipinski definition) is 4. The number of halogens is 1. The van der Waals surface area contributed by atoms with Gasteiger partial charge in [-0.3, -0.25) is 9.59 Å². The van der Waals surface area contributed by atoms with Crippen LogP contribution >= 0.6 is 11.6 Å². The normalized spacial score (nSPS) is 15.2. The molecule has 2 aromatic rings. The molecule has 1 fully saturated rings. The lowest BCUT2D eigenvalue weighted by atomic mass is 9.94. The molecule has 0 saturated heterocycles. The number of phenolic OH excluding ortho intramolecular Hbond substituents is 1. The van der Waals surface area contributed by atoms with Gasteiger partial charge in [-0.15, -0.1) is 0 Å². The number of carbonyl (C=O) groups excluding carboxylic acids is 1. The molecule has 31 heavy (non-hydrogen) atoms. The fourth-order valence-corrected chi connectivity index (χ4v) is 4.91. The molecule has 2 aromatic carbocycles. The molecular formula is C20H21ClN2O7S. The highest BCUT2D eigenvalue weighted by molar-refractivity contribution is 7.89. The molecule has 1 amide bonds. The first kappa shape index (κ1) is 22.9. The minimum atomic E-state index is -3.95. The second-order valence-electron chi connectivity index (χ2n) is 7.30. The predicted octanol–water partition coefficient (Wildman–Crippen LogP) is 2.63. The van der Waals surface area contributed by atoms with Crippen LogP contribution in [0.2, 0.25) is 5.02 Å². The number of nitrogens with two attached hydrogens (primary N) is 1. The van der Waals surface area contributed by atoms with E-state index < -0.39 is 33.6 Å². The maximum Gasteiger partial charge on any atom is 0.320 e. The van der Waals surface area contributed by atoms with E-state index in [1.165, 1.54) is 30.3 Å². The van der Waals surface area contributed by atoms with Crippen LogP contribution in [0.15, 0.2) is 35.2 Å². The Balaban J connectivity index is 1.92. The first-order chi connectivity index (χ1) is 14.5. The van der Waals surface area contributed by atoms with Crippen molar-refractivity contribution in [1.82, 2.24) is 4.72 Å². The standard InChI is InChI=1S/C20H21ClN2O7S/c1-10-7-11(17(19(22)25)20(26)27)8-14(21)18(10)30-13-5-6-15(24)16(9-13)31(28,29)23-12-3-2-4-12/h5-9,12,17,23-24H,2-4H2,1H3,(H2,22,25)(H,26,27). The highest BCUT2D eigenvalue weighted by Gasteiger charge is 2.29. The minimum absolute atomic E-state index is 0.00701. The third-order valence-corrected chi connectivity index (χ3v) is 6.81. The largest absolute Gasteiger partial charge is 0.507 e. The molecule has 0 spiro atoms. The van der Waals surface area contributed by atoms with Crippen molar-refractivity contribution >= 4 is 33.5 Å². The number of amides is 1. The summed E-state index contributed by atoms with van der Waals surface area (Å²) in [5, 5.41) is 19.3. The van der Waals surface area contributed by atoms with E-state index in [0.717, 1.165) is 19.3 Å². The number of carbonyl (C=O) groups is 2. The highest BCUT2D eigenvalue weighted by atomic mass is 35.5. The van der Waals surface area contributed by atoms with Crippen LogP contribution in [0.3, 0.4) is 0 Å². The number of rotatable bonds is 8. The van der Waals surface area contributed by atoms with Crippen molar-refractivity contribution in [3.8, 4) is 17.2 Å². The zero-order chi connectivity index (χ0) is 22.9. The number of aliphatic carboxylic acids is 1. The number of aromatic hydroxyl groups is 1. The van der Waals surface area contributed by atoms with E-state index in [-0.39, 0.29) is 33.0 Å². The topological polar surface area (TPSA) is 156 Å². The summed E-state index contributed by atoms with van der Waals surface area (Å²) in [5.74, 6) is -4.22. The second-order valence-corrected chi connectivity index (χ2v) is 9.39. The highest BCUT2D eigenvalue weighted by Crippen LogP contribution is 2.38. The van der Waals surface area contributed by atoms with Gasteiger partial charge in [0.2, 0.25) is 15.9 Å². The molecule has 1 saturated carbocycles. The smallest absolute Gasteiger partial charge is 0.320 e. The maximum atomic E-state index is 12.6. The van der Waals surface area contributed by atoms with Gasteiger partial charge in [-0.25, -0.2) is 13.1 Å². The van der Waals surface area contributed by atoms with Gasteiger partial charge in [0.15, 0.2) is 5.92 Å². The summed E-state index contributed by atoms with van der Waals surface area (Å²) in [6.07, 6.45) is 2.41. The van der Waals surface area contributed by atoms with Gasteiger partial charge >= 0.3 is 5.97 Å². The molecular weight excluding hydrogens is 448 g/mol. The van der Waals surface area contributed by atoms with Gasteiger partial charge in [-0.05, 0) is 49.1 Å². The van der Waals surface area contributed by atoms with E-state index in [2.05, 4.69) is 4.72 Å². The Morgan fingerprint density at radius 3 is 2.45 bits per heavy atom. The Morgan fingerprint density at radius 2 is 1.94 bits per heavy atom. The fraction of sp³-hybridized carbons (Fsp3) is 0.300. The van der Waals surface area contributed by atoms with Gasteiger partial charge < -0.3 is 20.7 Å². The van der Waals surface area contributed by atoms with E-state index in [4.69, 9.17) is 22.1 Å². The van der Waals surface area contributed by atoms with Gasteiger partial charge in [-0.1, -0.05) is 24.1 Å². The Bertz CT molecular complexity index is 1110. The van der Waals surface area contributed by atoms with E-state index in [0.29, 0.717) is 5.56 Å². The lowest BCUT2D eigenvalue weighted by Crippen LogP contribution is -2.39. The first-order valence-electron chi connectivity index (χ1n) is 9.35. The molecule has 1 aliphatic rings. The molecule has 3 rings (SSSR count). The fourth-order valence-electron chi connectivity index (χ4n) is 3.18. The maximum absolute atomic E-state index is 12.6. The number of phenols is 1. The SMILES string of the molecule is Cc1cc(C(C(N)=O)C(=O)O)cc(Cl)c1Oc1ccc(O)c(S(=O)(=O)NC2CCC2)c1. The van der Waals surface area contributed by atoms with Crippen LogP contribution in [0.1, 0.15) is 36.3 Å². The summed E-state index contributed by atoms with van der Waals surface area (Å²) in [7, 11) is -3.95. The minimum Gasteiger partial charge on any atom is -0.507 e. The lowest BCUT2D eigenvalue weighted by molar-refractivity contribution is -0.142. The molecule has 0 bridgehead atoms. The molecule has 0 aliphatic heterocycles. The number of primary amides is 1. The van der Waals surface area contributed by atoms with Crippen LogP contribution in [0.5, 0.6) is 17.2 Å². The molecule has 1 atom stereocenters. The Morgan fingerprint density at radius 1 is 1.26 bits per heavy atom. The third-order valence-electron chi connectivity index (χ3n) is 4.98. The third kappa shape index (κ3) is 4.92. The van der Waals surface area contributed by atoms with Crippen LogP contribution < -0.4 is 15.2 Å². The van der Waals surface area contributed by atoms with Crippen LogP contribution in [-0.4, -0.2) is 36.5 Å². The van der Waals surface area contributed by atoms with Crippen molar-refractivity contribution in [2.45, 2.75) is 43.0 Å². The average Bonchev–Trinajstić information content (AvgIpc) is 2.62. The number of carboxylic acids is 1. The van der Waals surface area contributed by atoms with E-state index in [9.17, 15) is 28.2 Å². The van der Waals surface area contributed by atoms with E-state index >= 15 is 0 Å². The van der Waals surface area contributed by atoms with Crippen molar-refractivity contribution in [2.75, 3.05) is 0 Å². The summed E-state index contributed by atoms with van der Waals surface area (Å²) in [6, 6.07) is 6.22. The zero-order valence-corrected chi connectivity index (χ0v) is 18.0. The monoisotopic (exact) mass is 468 g/mol. The van der Waals surface area contributed by atoms with E-state index in [1.54, 1.807) is 6.92 Å². The van der Waals surface area contributed by atoms with Gasteiger partial charge in [-0.2, -0.15) is 0 Å². The molecule has 1 unspecified atom stereocenters. The summed E-state index contributed by atoms with van der Waals surface area (Å²) >= 11 is 6.24. The van der Waals surface area contributed by atoms with Crippen LogP contribution in [-0.2, 0) is 19.6 Å². The summed E-state index contributed by atoms with van der Waals surface area (Å²) in [4.78, 5) is 22.5. The van der Waals surface area contributed by atoms with Gasteiger partial charge in [0, 0.05) is 12.1 Å². The van der Waals surface area contributed by atoms with Crippen molar-refractivity contribution in [3.05, 3.63) is 46.5 Å². The van der Waals surface area contributed by atoms with Gasteiger partial charge in [0.1, 0.15) is 22.1 Å². The number of aryl methyl sites for hydroxylation is 1. The quantitative estimate of drug-likeness (QED) is 0.434. The molecule has 5 N–H and O–H groups in total. The summed E-state index contributed by atoms with van der Waals surface area (Å²) < 4.78 is 33.4. The summed E-state index contributed by atoms with van der Waals surface area (Å²) in [5.41, 5.74) is 5.67. The van der Waals surface area contributed by atoms with Crippen LogP contribution in [0.4, 0.5) is 0 Å². The zero-order valence-electron chi connectivity index (χ0n) is 16.5. The van der Waals surface area contributed by atoms with Crippen molar-refractivity contribution < 1.29 is 33.0 Å². The summed E-state index contributed by atoms with van der Waals surface area (Å²) in [6.45, 7) is 1.58. The molecule has 0 heterocycles. The number of nitrogens with one attached hydrogen (secondary N) is 1. The Labute approximate surface area is 183 Å². The van der Waals surface area contributed by atoms with E-state index in [1.807, 2.05) is 0 Å². The van der Waals surface area contributed by atoms with Crippen LogP contribution in [0, 0.1) is 6.92 Å². The number of benzene rings is 2. The lowest BCUT2D eigenvalue weighted by Gasteiger charge is -2.26. The molecule has 11 heteroatoms. The van der Waals surface area contributed by atoms with Crippen LogP contribution in [0.25, 0.3) is 0 Å². The first-order valence-corrected chi connectivity index (χ1v) is 11.2. The Hall–Kier alpha value is -2.82. The molecule has 0 radical (unpaired) electrons. The van der Waals surface area contributed by atoms with Gasteiger partial charge in [0.05, 0.1) is 5.02 Å². The second kappa shape index (κ2) is 8.74. The number of sulfonamides is 1. The van der Waals surface area contributed by atoms with Crippen molar-refractivity contribution in [3.63, 3.8) is 0 Å². The van der Waals surface area contributed by atoms with Crippen molar-refractivity contribution in [2.24, 2.45) is 5.73 Å². The molecule has 1 aliphatic carbocycles. The van der Waals surface area contributed by atoms with Crippen molar-refractivity contribution in [1.29, 1.82) is 0 Å². The number of carboxylic acid groups (broad SMARTS) is 1. The number of ether oxygens (including phenoxy) is 1. The molecule has 9 nitrogen and oxygen atoms in total. The average molecular weight is 469 g/mol. The molecule has 0 aromatic heterocycles. The van der Waals surface area contributed by atoms with Gasteiger partial charge in [0.25, 0.3) is 0 Å².